The molecule has 1 heterocycles. The van der Waals surface area contributed by atoms with E-state index in [0.29, 0.717) is 5.69 Å². The number of anilines is 2. The van der Waals surface area contributed by atoms with Gasteiger partial charge in [0.15, 0.2) is 5.82 Å². The number of nitrogens with one attached hydrogen (secondary N) is 2. The molecule has 2 aromatic rings. The molecule has 0 amide bonds. The maximum Gasteiger partial charge on any atom is 0.271 e. The first kappa shape index (κ1) is 11.6. The van der Waals surface area contributed by atoms with Crippen molar-refractivity contribution in [1.82, 2.24) is 9.97 Å². The molecule has 0 aliphatic heterocycles. The Bertz CT molecular complexity index is 592. The van der Waals surface area contributed by atoms with Crippen LogP contribution in [0.1, 0.15) is 5.56 Å². The highest BCUT2D eigenvalue weighted by atomic mass is 35.5. The van der Waals surface area contributed by atoms with E-state index in [4.69, 9.17) is 11.6 Å². The molecule has 4 nitrogen and oxygen atoms in total. The van der Waals surface area contributed by atoms with E-state index in [9.17, 15) is 9.18 Å². The minimum absolute atomic E-state index is 0.0607. The fourth-order valence-corrected chi connectivity index (χ4v) is 1.57. The molecule has 1 aromatic carbocycles. The van der Waals surface area contributed by atoms with Gasteiger partial charge in [0.2, 0.25) is 0 Å². The molecule has 0 atom stereocenters. The zero-order valence-corrected chi connectivity index (χ0v) is 9.68. The van der Waals surface area contributed by atoms with Crippen molar-refractivity contribution in [3.8, 4) is 0 Å². The number of aromatic nitrogens is 2. The molecule has 0 unspecified atom stereocenters. The second-order valence-corrected chi connectivity index (χ2v) is 3.91. The zero-order valence-electron chi connectivity index (χ0n) is 8.92. The normalized spacial score (nSPS) is 10.3. The van der Waals surface area contributed by atoms with Crippen LogP contribution in [0.25, 0.3) is 0 Å². The molecule has 0 saturated heterocycles. The Balaban J connectivity index is 2.38. The summed E-state index contributed by atoms with van der Waals surface area (Å²) in [6.07, 6.45) is 1.22. The highest BCUT2D eigenvalue weighted by Crippen LogP contribution is 2.20. The van der Waals surface area contributed by atoms with E-state index < -0.39 is 5.56 Å². The lowest BCUT2D eigenvalue weighted by Gasteiger charge is -2.07. The van der Waals surface area contributed by atoms with Gasteiger partial charge < -0.3 is 10.3 Å². The SMILES string of the molecule is Cc1cc(F)cc(Nc2nc[nH]c(=O)c2Cl)c1. The fraction of sp³-hybridized carbons (Fsp3) is 0.0909. The summed E-state index contributed by atoms with van der Waals surface area (Å²) >= 11 is 5.76. The van der Waals surface area contributed by atoms with Crippen molar-refractivity contribution in [2.45, 2.75) is 6.92 Å². The molecule has 1 aromatic heterocycles. The van der Waals surface area contributed by atoms with Crippen LogP contribution in [0.3, 0.4) is 0 Å². The minimum atomic E-state index is -0.447. The predicted molar refractivity (Wildman–Crippen MR) is 64.3 cm³/mol. The van der Waals surface area contributed by atoms with E-state index in [-0.39, 0.29) is 16.7 Å². The molecule has 0 saturated carbocycles. The number of hydrogen-bond donors (Lipinski definition) is 2. The third-order valence-corrected chi connectivity index (χ3v) is 2.45. The smallest absolute Gasteiger partial charge is 0.271 e. The van der Waals surface area contributed by atoms with Gasteiger partial charge in [-0.1, -0.05) is 11.6 Å². The Hall–Kier alpha value is -1.88. The lowest BCUT2D eigenvalue weighted by atomic mass is 10.2. The largest absolute Gasteiger partial charge is 0.339 e. The first-order valence-corrected chi connectivity index (χ1v) is 5.21. The number of aromatic amines is 1. The Morgan fingerprint density at radius 3 is 2.88 bits per heavy atom. The Labute approximate surface area is 101 Å². The van der Waals surface area contributed by atoms with Crippen molar-refractivity contribution < 1.29 is 4.39 Å². The summed E-state index contributed by atoms with van der Waals surface area (Å²) in [5, 5.41) is 2.73. The third-order valence-electron chi connectivity index (χ3n) is 2.10. The van der Waals surface area contributed by atoms with Crippen LogP contribution in [0.15, 0.2) is 29.3 Å². The number of halogens is 2. The van der Waals surface area contributed by atoms with Crippen LogP contribution in [0, 0.1) is 12.7 Å². The van der Waals surface area contributed by atoms with E-state index in [1.165, 1.54) is 18.5 Å². The third kappa shape index (κ3) is 2.62. The van der Waals surface area contributed by atoms with Crippen LogP contribution in [-0.2, 0) is 0 Å². The van der Waals surface area contributed by atoms with Crippen molar-refractivity contribution in [2.75, 3.05) is 5.32 Å². The Morgan fingerprint density at radius 2 is 2.18 bits per heavy atom. The van der Waals surface area contributed by atoms with Gasteiger partial charge in [-0.05, 0) is 30.7 Å². The molecule has 0 bridgehead atoms. The van der Waals surface area contributed by atoms with Gasteiger partial charge >= 0.3 is 0 Å². The van der Waals surface area contributed by atoms with E-state index in [0.717, 1.165) is 5.56 Å². The molecule has 0 aliphatic carbocycles. The molecule has 88 valence electrons. The highest BCUT2D eigenvalue weighted by Gasteiger charge is 2.06. The first-order valence-electron chi connectivity index (χ1n) is 4.83. The molecule has 17 heavy (non-hydrogen) atoms. The molecule has 0 radical (unpaired) electrons. The van der Waals surface area contributed by atoms with Crippen LogP contribution in [0.2, 0.25) is 5.02 Å². The molecule has 2 rings (SSSR count). The van der Waals surface area contributed by atoms with Gasteiger partial charge in [0.05, 0.1) is 6.33 Å². The van der Waals surface area contributed by atoms with Crippen molar-refractivity contribution in [3.63, 3.8) is 0 Å². The summed E-state index contributed by atoms with van der Waals surface area (Å²) in [7, 11) is 0. The minimum Gasteiger partial charge on any atom is -0.339 e. The fourth-order valence-electron chi connectivity index (χ4n) is 1.42. The van der Waals surface area contributed by atoms with Crippen molar-refractivity contribution in [3.05, 3.63) is 51.3 Å². The number of nitrogens with zero attached hydrogens (tertiary/aromatic N) is 1. The molecule has 0 aliphatic rings. The van der Waals surface area contributed by atoms with E-state index in [1.54, 1.807) is 13.0 Å². The molecular weight excluding hydrogens is 245 g/mol. The second-order valence-electron chi connectivity index (χ2n) is 3.54. The van der Waals surface area contributed by atoms with Crippen molar-refractivity contribution in [1.29, 1.82) is 0 Å². The predicted octanol–water partition coefficient (Wildman–Crippen LogP) is 2.61. The van der Waals surface area contributed by atoms with Crippen molar-refractivity contribution >= 4 is 23.1 Å². The average molecular weight is 254 g/mol. The lowest BCUT2D eigenvalue weighted by Crippen LogP contribution is -2.09. The van der Waals surface area contributed by atoms with Crippen LogP contribution >= 0.6 is 11.6 Å². The van der Waals surface area contributed by atoms with Crippen LogP contribution in [0.5, 0.6) is 0 Å². The average Bonchev–Trinajstić information content (AvgIpc) is 2.23. The first-order chi connectivity index (χ1) is 8.06. The summed E-state index contributed by atoms with van der Waals surface area (Å²) in [5.74, 6) is -0.172. The second kappa shape index (κ2) is 4.55. The van der Waals surface area contributed by atoms with Gasteiger partial charge in [-0.2, -0.15) is 0 Å². The summed E-state index contributed by atoms with van der Waals surface area (Å²) in [4.78, 5) is 17.4. The van der Waals surface area contributed by atoms with Gasteiger partial charge in [0.1, 0.15) is 10.8 Å². The van der Waals surface area contributed by atoms with E-state index >= 15 is 0 Å². The van der Waals surface area contributed by atoms with Gasteiger partial charge in [-0.15, -0.1) is 0 Å². The van der Waals surface area contributed by atoms with E-state index in [2.05, 4.69) is 15.3 Å². The van der Waals surface area contributed by atoms with Gasteiger partial charge in [-0.25, -0.2) is 9.37 Å². The number of rotatable bonds is 2. The summed E-state index contributed by atoms with van der Waals surface area (Å²) in [6.45, 7) is 1.76. The summed E-state index contributed by atoms with van der Waals surface area (Å²) in [6, 6.07) is 4.42. The molecule has 0 fully saturated rings. The highest BCUT2D eigenvalue weighted by molar-refractivity contribution is 6.32. The molecule has 6 heteroatoms. The maximum atomic E-state index is 13.1. The van der Waals surface area contributed by atoms with Crippen molar-refractivity contribution in [2.24, 2.45) is 0 Å². The summed E-state index contributed by atoms with van der Waals surface area (Å²) < 4.78 is 13.1. The van der Waals surface area contributed by atoms with Crippen LogP contribution < -0.4 is 10.9 Å². The number of H-pyrrole nitrogens is 1. The van der Waals surface area contributed by atoms with Gasteiger partial charge in [0.25, 0.3) is 5.56 Å². The summed E-state index contributed by atoms with van der Waals surface area (Å²) in [5.41, 5.74) is 0.799. The topological polar surface area (TPSA) is 57.8 Å². The number of aryl methyl sites for hydroxylation is 1. The lowest BCUT2D eigenvalue weighted by molar-refractivity contribution is 0.627. The van der Waals surface area contributed by atoms with Gasteiger partial charge in [0, 0.05) is 5.69 Å². The number of hydrogen-bond acceptors (Lipinski definition) is 3. The van der Waals surface area contributed by atoms with E-state index in [1.807, 2.05) is 0 Å². The molecular formula is C11H9ClFN3O. The Kier molecular flexibility index (Phi) is 3.10. The molecule has 2 N–H and O–H groups in total. The standard InChI is InChI=1S/C11H9ClFN3O/c1-6-2-7(13)4-8(3-6)16-10-9(12)11(17)15-5-14-10/h2-5H,1H3,(H2,14,15,16,17). The van der Waals surface area contributed by atoms with Crippen LogP contribution in [0.4, 0.5) is 15.9 Å². The quantitative estimate of drug-likeness (QED) is 0.865. The Morgan fingerprint density at radius 1 is 1.41 bits per heavy atom. The molecule has 0 spiro atoms. The zero-order chi connectivity index (χ0) is 12.4. The van der Waals surface area contributed by atoms with Gasteiger partial charge in [-0.3, -0.25) is 4.79 Å². The number of benzene rings is 1. The maximum absolute atomic E-state index is 13.1. The van der Waals surface area contributed by atoms with Crippen LogP contribution in [-0.4, -0.2) is 9.97 Å². The monoisotopic (exact) mass is 253 g/mol.